The van der Waals surface area contributed by atoms with Gasteiger partial charge in [0.15, 0.2) is 23.0 Å². The molecule has 0 aliphatic carbocycles. The number of rotatable bonds is 14. The molecule has 0 saturated heterocycles. The van der Waals surface area contributed by atoms with Crippen molar-refractivity contribution < 1.29 is 28.4 Å². The molecule has 0 aliphatic rings. The first-order valence-electron chi connectivity index (χ1n) is 13.5. The SMILES string of the molecule is COc1cc(C=Cc2ccc(C=Cc3cc(OC)c(OCC(C)C)c(OC)c3)cc2)cc(OC)c1OCC(C)C. The zero-order valence-electron chi connectivity index (χ0n) is 24.9. The zero-order chi connectivity index (χ0) is 29.1. The molecule has 0 aromatic heterocycles. The number of methoxy groups -OCH3 is 4. The predicted octanol–water partition coefficient (Wildman–Crippen LogP) is 8.13. The van der Waals surface area contributed by atoms with Crippen molar-refractivity contribution in [3.8, 4) is 34.5 Å². The van der Waals surface area contributed by atoms with Crippen LogP contribution in [0.15, 0.2) is 48.5 Å². The van der Waals surface area contributed by atoms with Crippen LogP contribution in [0.25, 0.3) is 24.3 Å². The van der Waals surface area contributed by atoms with E-state index in [-0.39, 0.29) is 0 Å². The van der Waals surface area contributed by atoms with E-state index in [1.54, 1.807) is 28.4 Å². The summed E-state index contributed by atoms with van der Waals surface area (Å²) in [6.45, 7) is 9.59. The van der Waals surface area contributed by atoms with Crippen LogP contribution < -0.4 is 28.4 Å². The second-order valence-corrected chi connectivity index (χ2v) is 10.3. The zero-order valence-corrected chi connectivity index (χ0v) is 24.9. The first-order chi connectivity index (χ1) is 19.3. The normalized spacial score (nSPS) is 11.4. The van der Waals surface area contributed by atoms with E-state index in [4.69, 9.17) is 28.4 Å². The van der Waals surface area contributed by atoms with E-state index >= 15 is 0 Å². The van der Waals surface area contributed by atoms with Gasteiger partial charge < -0.3 is 28.4 Å². The lowest BCUT2D eigenvalue weighted by molar-refractivity contribution is 0.243. The molecular formula is C34H42O6. The van der Waals surface area contributed by atoms with Crippen molar-refractivity contribution in [1.29, 1.82) is 0 Å². The van der Waals surface area contributed by atoms with Crippen molar-refractivity contribution in [3.63, 3.8) is 0 Å². The largest absolute Gasteiger partial charge is 0.493 e. The predicted molar refractivity (Wildman–Crippen MR) is 164 cm³/mol. The van der Waals surface area contributed by atoms with Gasteiger partial charge in [-0.3, -0.25) is 0 Å². The van der Waals surface area contributed by atoms with Crippen molar-refractivity contribution in [2.75, 3.05) is 41.7 Å². The summed E-state index contributed by atoms with van der Waals surface area (Å²) in [6, 6.07) is 16.1. The summed E-state index contributed by atoms with van der Waals surface area (Å²) in [5.74, 6) is 4.63. The van der Waals surface area contributed by atoms with Gasteiger partial charge in [0, 0.05) is 0 Å². The lowest BCUT2D eigenvalue weighted by Gasteiger charge is -2.16. The van der Waals surface area contributed by atoms with E-state index in [0.29, 0.717) is 59.5 Å². The van der Waals surface area contributed by atoms with E-state index < -0.39 is 0 Å². The Morgan fingerprint density at radius 1 is 0.475 bits per heavy atom. The molecule has 0 atom stereocenters. The molecule has 0 fully saturated rings. The fourth-order valence-corrected chi connectivity index (χ4v) is 3.88. The van der Waals surface area contributed by atoms with Crippen LogP contribution in [0.1, 0.15) is 49.9 Å². The van der Waals surface area contributed by atoms with Crippen molar-refractivity contribution in [1.82, 2.24) is 0 Å². The highest BCUT2D eigenvalue weighted by molar-refractivity contribution is 5.75. The summed E-state index contributed by atoms with van der Waals surface area (Å²) in [6.07, 6.45) is 8.18. The third-order valence-corrected chi connectivity index (χ3v) is 5.96. The van der Waals surface area contributed by atoms with Crippen LogP contribution in [-0.4, -0.2) is 41.7 Å². The molecule has 0 spiro atoms. The average molecular weight is 547 g/mol. The molecule has 0 bridgehead atoms. The van der Waals surface area contributed by atoms with Crippen LogP contribution in [-0.2, 0) is 0 Å². The highest BCUT2D eigenvalue weighted by atomic mass is 16.5. The molecule has 3 aromatic rings. The monoisotopic (exact) mass is 546 g/mol. The van der Waals surface area contributed by atoms with E-state index in [9.17, 15) is 0 Å². The van der Waals surface area contributed by atoms with Crippen LogP contribution in [0.2, 0.25) is 0 Å². The molecule has 3 rings (SSSR count). The average Bonchev–Trinajstić information content (AvgIpc) is 2.96. The summed E-state index contributed by atoms with van der Waals surface area (Å²) in [5.41, 5.74) is 4.06. The summed E-state index contributed by atoms with van der Waals surface area (Å²) in [4.78, 5) is 0. The Morgan fingerprint density at radius 2 is 0.750 bits per heavy atom. The lowest BCUT2D eigenvalue weighted by Crippen LogP contribution is -2.07. The molecular weight excluding hydrogens is 504 g/mol. The second-order valence-electron chi connectivity index (χ2n) is 10.3. The van der Waals surface area contributed by atoms with Crippen molar-refractivity contribution in [2.24, 2.45) is 11.8 Å². The number of benzene rings is 3. The Kier molecular flexibility index (Phi) is 11.4. The standard InChI is InChI=1S/C34H42O6/c1-23(2)21-39-33-29(35-5)17-27(18-30(33)36-6)15-13-25-9-11-26(12-10-25)14-16-28-19-31(37-7)34(32(20-28)38-8)40-22-24(3)4/h9-20,23-24H,21-22H2,1-8H3. The van der Waals surface area contributed by atoms with Crippen LogP contribution >= 0.6 is 0 Å². The van der Waals surface area contributed by atoms with Gasteiger partial charge >= 0.3 is 0 Å². The van der Waals surface area contributed by atoms with Gasteiger partial charge in [0.2, 0.25) is 11.5 Å². The lowest BCUT2D eigenvalue weighted by atomic mass is 10.1. The van der Waals surface area contributed by atoms with E-state index in [2.05, 4.69) is 64.1 Å². The Balaban J connectivity index is 1.75. The molecule has 6 heteroatoms. The molecule has 0 N–H and O–H groups in total. The first kappa shape index (κ1) is 30.5. The van der Waals surface area contributed by atoms with Gasteiger partial charge in [-0.25, -0.2) is 0 Å². The third kappa shape index (κ3) is 8.47. The van der Waals surface area contributed by atoms with E-state index in [1.165, 1.54) is 0 Å². The van der Waals surface area contributed by atoms with Crippen molar-refractivity contribution >= 4 is 24.3 Å². The smallest absolute Gasteiger partial charge is 0.203 e. The van der Waals surface area contributed by atoms with Crippen LogP contribution in [0.5, 0.6) is 34.5 Å². The maximum atomic E-state index is 5.95. The summed E-state index contributed by atoms with van der Waals surface area (Å²) in [7, 11) is 6.55. The maximum absolute atomic E-state index is 5.95. The molecule has 40 heavy (non-hydrogen) atoms. The molecule has 0 aliphatic heterocycles. The maximum Gasteiger partial charge on any atom is 0.203 e. The quantitative estimate of drug-likeness (QED) is 0.190. The third-order valence-electron chi connectivity index (χ3n) is 5.96. The molecule has 0 amide bonds. The summed E-state index contributed by atoms with van der Waals surface area (Å²) < 4.78 is 34.2. The molecule has 0 radical (unpaired) electrons. The van der Waals surface area contributed by atoms with Crippen LogP contribution in [0.3, 0.4) is 0 Å². The van der Waals surface area contributed by atoms with Gasteiger partial charge in [-0.1, -0.05) is 76.3 Å². The van der Waals surface area contributed by atoms with Gasteiger partial charge in [-0.05, 0) is 58.4 Å². The minimum atomic E-state index is 0.396. The van der Waals surface area contributed by atoms with Gasteiger partial charge in [-0.2, -0.15) is 0 Å². The van der Waals surface area contributed by atoms with Crippen molar-refractivity contribution in [3.05, 3.63) is 70.8 Å². The summed E-state index contributed by atoms with van der Waals surface area (Å²) >= 11 is 0. The van der Waals surface area contributed by atoms with Gasteiger partial charge in [0.05, 0.1) is 41.7 Å². The Hall–Kier alpha value is -4.06. The van der Waals surface area contributed by atoms with Gasteiger partial charge in [0.25, 0.3) is 0 Å². The van der Waals surface area contributed by atoms with Crippen molar-refractivity contribution in [2.45, 2.75) is 27.7 Å². The molecule has 214 valence electrons. The summed E-state index contributed by atoms with van der Waals surface area (Å²) in [5, 5.41) is 0. The Morgan fingerprint density at radius 3 is 1.00 bits per heavy atom. The molecule has 0 saturated carbocycles. The number of ether oxygens (including phenoxy) is 6. The van der Waals surface area contributed by atoms with Gasteiger partial charge in [0.1, 0.15) is 0 Å². The van der Waals surface area contributed by atoms with E-state index in [1.807, 2.05) is 36.4 Å². The molecule has 6 nitrogen and oxygen atoms in total. The Labute approximate surface area is 239 Å². The topological polar surface area (TPSA) is 55.4 Å². The number of hydrogen-bond donors (Lipinski definition) is 0. The van der Waals surface area contributed by atoms with Crippen LogP contribution in [0.4, 0.5) is 0 Å². The number of hydrogen-bond acceptors (Lipinski definition) is 6. The second kappa shape index (κ2) is 14.9. The van der Waals surface area contributed by atoms with Crippen LogP contribution in [0, 0.1) is 11.8 Å². The highest BCUT2D eigenvalue weighted by Gasteiger charge is 2.15. The molecule has 0 heterocycles. The molecule has 0 unspecified atom stereocenters. The minimum Gasteiger partial charge on any atom is -0.493 e. The first-order valence-corrected chi connectivity index (χ1v) is 13.5. The Bertz CT molecular complexity index is 1140. The minimum absolute atomic E-state index is 0.396. The molecule has 3 aromatic carbocycles. The van der Waals surface area contributed by atoms with E-state index in [0.717, 1.165) is 22.3 Å². The fourth-order valence-electron chi connectivity index (χ4n) is 3.88. The fraction of sp³-hybridized carbons (Fsp3) is 0.353. The van der Waals surface area contributed by atoms with Gasteiger partial charge in [-0.15, -0.1) is 0 Å². The highest BCUT2D eigenvalue weighted by Crippen LogP contribution is 2.40.